The summed E-state index contributed by atoms with van der Waals surface area (Å²) in [5, 5.41) is 24.1. The number of aliphatic carboxylic acids is 2. The number of carboxylic acid groups (broad SMARTS) is 2. The van der Waals surface area contributed by atoms with Crippen LogP contribution in [0.3, 0.4) is 0 Å². The number of primary amides is 1. The molecule has 0 unspecified atom stereocenters. The molecule has 15 heavy (non-hydrogen) atoms. The molecule has 0 bridgehead atoms. The van der Waals surface area contributed by atoms with E-state index in [-0.39, 0.29) is 11.8 Å². The van der Waals surface area contributed by atoms with Crippen LogP contribution < -0.4 is 5.73 Å². The second-order valence-corrected chi connectivity index (χ2v) is 3.01. The van der Waals surface area contributed by atoms with Crippen LogP contribution in [0.5, 0.6) is 0 Å². The molecule has 1 amide bonds. The summed E-state index contributed by atoms with van der Waals surface area (Å²) in [6, 6.07) is 0. The molecule has 0 aromatic heterocycles. The third-order valence-corrected chi connectivity index (χ3v) is 1.22. The van der Waals surface area contributed by atoms with Crippen LogP contribution in [-0.4, -0.2) is 39.3 Å². The number of carboxylic acids is 2. The summed E-state index contributed by atoms with van der Waals surface area (Å²) in [5.41, 5.74) is 4.80. The lowest BCUT2D eigenvalue weighted by atomic mass is 10.2. The molecule has 5 N–H and O–H groups in total. The fourth-order valence-corrected chi connectivity index (χ4v) is 0.253. The molecule has 88 valence electrons. The number of carbonyl (C=O) groups is 3. The minimum absolute atomic E-state index is 0.00926. The van der Waals surface area contributed by atoms with E-state index >= 15 is 0 Å². The molecule has 0 aromatic rings. The minimum atomic E-state index is -1.79. The van der Waals surface area contributed by atoms with Crippen LogP contribution in [0.15, 0.2) is 0 Å². The van der Waals surface area contributed by atoms with Gasteiger partial charge in [0.25, 0.3) is 0 Å². The number of aliphatic hydroxyl groups excluding tert-OH is 1. The van der Waals surface area contributed by atoms with Gasteiger partial charge in [-0.3, -0.25) is 9.59 Å². The molecule has 0 heterocycles. The van der Waals surface area contributed by atoms with Gasteiger partial charge in [-0.15, -0.1) is 0 Å². The summed E-state index contributed by atoms with van der Waals surface area (Å²) in [6.45, 7) is 3.53. The van der Waals surface area contributed by atoms with Crippen LogP contribution in [0.1, 0.15) is 20.3 Å². The van der Waals surface area contributed by atoms with Crippen molar-refractivity contribution >= 4 is 17.8 Å². The van der Waals surface area contributed by atoms with Crippen molar-refractivity contribution in [2.75, 3.05) is 0 Å². The van der Waals surface area contributed by atoms with Crippen molar-refractivity contribution in [1.29, 1.82) is 0 Å². The van der Waals surface area contributed by atoms with Crippen molar-refractivity contribution in [1.82, 2.24) is 0 Å². The van der Waals surface area contributed by atoms with Crippen LogP contribution in [0, 0.1) is 5.92 Å². The van der Waals surface area contributed by atoms with Gasteiger partial charge in [0.2, 0.25) is 5.91 Å². The summed E-state index contributed by atoms with van der Waals surface area (Å²) >= 11 is 0. The predicted molar refractivity (Wildman–Crippen MR) is 49.9 cm³/mol. The monoisotopic (exact) mass is 221 g/mol. The molecule has 0 radical (unpaired) electrons. The molecule has 0 fully saturated rings. The molecule has 0 rings (SSSR count). The van der Waals surface area contributed by atoms with Gasteiger partial charge < -0.3 is 21.1 Å². The highest BCUT2D eigenvalue weighted by Gasteiger charge is 2.16. The van der Waals surface area contributed by atoms with E-state index in [1.165, 1.54) is 0 Å². The number of rotatable bonds is 4. The Bertz CT molecular complexity index is 237. The normalized spacial score (nSPS) is 11.2. The quantitative estimate of drug-likeness (QED) is 0.482. The van der Waals surface area contributed by atoms with Gasteiger partial charge in [-0.05, 0) is 0 Å². The van der Waals surface area contributed by atoms with E-state index in [1.807, 2.05) is 0 Å². The second kappa shape index (κ2) is 7.74. The zero-order valence-corrected chi connectivity index (χ0v) is 8.51. The molecule has 0 aromatic carbocycles. The van der Waals surface area contributed by atoms with Gasteiger partial charge in [-0.2, -0.15) is 0 Å². The van der Waals surface area contributed by atoms with Crippen LogP contribution in [-0.2, 0) is 14.4 Å². The molecule has 0 spiro atoms. The number of aliphatic hydroxyl groups is 1. The SMILES string of the molecule is CC(C)C(N)=O.O=C(O)C[C@H](O)C(=O)O. The van der Waals surface area contributed by atoms with E-state index < -0.39 is 24.5 Å². The van der Waals surface area contributed by atoms with Crippen LogP contribution in [0.25, 0.3) is 0 Å². The first kappa shape index (κ1) is 15.8. The Hall–Kier alpha value is -1.63. The fourth-order valence-electron chi connectivity index (χ4n) is 0.253. The summed E-state index contributed by atoms with van der Waals surface area (Å²) in [5.74, 6) is -3.10. The first-order chi connectivity index (χ1) is 6.68. The number of amides is 1. The van der Waals surface area contributed by atoms with Gasteiger partial charge in [-0.25, -0.2) is 4.79 Å². The standard InChI is InChI=1S/C4H9NO.C4H6O5/c1-3(2)4(5)6;5-2(4(8)9)1-3(6)7/h3H,1-2H3,(H2,5,6);2,5H,1H2,(H,6,7)(H,8,9)/t;2-/m.0/s1. The van der Waals surface area contributed by atoms with Crippen molar-refractivity contribution in [3.05, 3.63) is 0 Å². The first-order valence-corrected chi connectivity index (χ1v) is 4.10. The van der Waals surface area contributed by atoms with Gasteiger partial charge in [0, 0.05) is 5.92 Å². The molecular weight excluding hydrogens is 206 g/mol. The molecule has 7 nitrogen and oxygen atoms in total. The lowest BCUT2D eigenvalue weighted by Gasteiger charge is -1.97. The topological polar surface area (TPSA) is 138 Å². The smallest absolute Gasteiger partial charge is 0.333 e. The van der Waals surface area contributed by atoms with Crippen molar-refractivity contribution in [2.45, 2.75) is 26.4 Å². The molecule has 0 aliphatic carbocycles. The lowest BCUT2D eigenvalue weighted by Crippen LogP contribution is -2.22. The molecular formula is C8H15NO6. The maximum Gasteiger partial charge on any atom is 0.333 e. The zero-order chi connectivity index (χ0) is 12.6. The first-order valence-electron chi connectivity index (χ1n) is 4.10. The average Bonchev–Trinajstić information content (AvgIpc) is 2.03. The Balaban J connectivity index is 0. The van der Waals surface area contributed by atoms with E-state index in [0.29, 0.717) is 0 Å². The molecule has 0 aliphatic rings. The molecule has 1 atom stereocenters. The summed E-state index contributed by atoms with van der Waals surface area (Å²) in [4.78, 5) is 29.3. The van der Waals surface area contributed by atoms with Gasteiger partial charge in [0.1, 0.15) is 0 Å². The van der Waals surface area contributed by atoms with Crippen molar-refractivity contribution in [3.8, 4) is 0 Å². The maximum absolute atomic E-state index is 9.92. The van der Waals surface area contributed by atoms with Crippen molar-refractivity contribution < 1.29 is 29.7 Å². The van der Waals surface area contributed by atoms with E-state index in [1.54, 1.807) is 13.8 Å². The van der Waals surface area contributed by atoms with Crippen LogP contribution in [0.2, 0.25) is 0 Å². The largest absolute Gasteiger partial charge is 0.481 e. The number of hydrogen-bond acceptors (Lipinski definition) is 4. The van der Waals surface area contributed by atoms with E-state index in [0.717, 1.165) is 0 Å². The molecule has 0 aliphatic heterocycles. The van der Waals surface area contributed by atoms with Crippen molar-refractivity contribution in [2.24, 2.45) is 11.7 Å². The van der Waals surface area contributed by atoms with Gasteiger partial charge >= 0.3 is 11.9 Å². The lowest BCUT2D eigenvalue weighted by molar-refractivity contribution is -0.152. The third kappa shape index (κ3) is 12.4. The Kier molecular flexibility index (Phi) is 8.17. The van der Waals surface area contributed by atoms with Crippen LogP contribution in [0.4, 0.5) is 0 Å². The van der Waals surface area contributed by atoms with E-state index in [9.17, 15) is 14.4 Å². The highest BCUT2D eigenvalue weighted by molar-refractivity contribution is 5.79. The Labute approximate surface area is 86.5 Å². The number of nitrogens with two attached hydrogens (primary N) is 1. The second-order valence-electron chi connectivity index (χ2n) is 3.01. The third-order valence-electron chi connectivity index (χ3n) is 1.22. The average molecular weight is 221 g/mol. The molecule has 0 saturated heterocycles. The van der Waals surface area contributed by atoms with Gasteiger partial charge in [0.05, 0.1) is 6.42 Å². The Morgan fingerprint density at radius 1 is 1.20 bits per heavy atom. The summed E-state index contributed by atoms with van der Waals surface area (Å²) in [6.07, 6.45) is -2.54. The predicted octanol–water partition coefficient (Wildman–Crippen LogP) is -0.966. The molecule has 7 heteroatoms. The minimum Gasteiger partial charge on any atom is -0.481 e. The highest BCUT2D eigenvalue weighted by Crippen LogP contribution is 1.89. The fraction of sp³-hybridized carbons (Fsp3) is 0.625. The molecule has 0 saturated carbocycles. The summed E-state index contributed by atoms with van der Waals surface area (Å²) in [7, 11) is 0. The maximum atomic E-state index is 9.92. The number of hydrogen-bond donors (Lipinski definition) is 4. The summed E-state index contributed by atoms with van der Waals surface area (Å²) < 4.78 is 0. The number of carbonyl (C=O) groups excluding carboxylic acids is 1. The zero-order valence-electron chi connectivity index (χ0n) is 8.51. The highest BCUT2D eigenvalue weighted by atomic mass is 16.4. The van der Waals surface area contributed by atoms with Crippen LogP contribution >= 0.6 is 0 Å². The van der Waals surface area contributed by atoms with Gasteiger partial charge in [-0.1, -0.05) is 13.8 Å². The Morgan fingerprint density at radius 3 is 1.60 bits per heavy atom. The van der Waals surface area contributed by atoms with Crippen molar-refractivity contribution in [3.63, 3.8) is 0 Å². The van der Waals surface area contributed by atoms with E-state index in [4.69, 9.17) is 21.1 Å². The van der Waals surface area contributed by atoms with E-state index in [2.05, 4.69) is 0 Å². The Morgan fingerprint density at radius 2 is 1.53 bits per heavy atom. The van der Waals surface area contributed by atoms with Gasteiger partial charge in [0.15, 0.2) is 6.10 Å².